The second-order valence-electron chi connectivity index (χ2n) is 13.2. The van der Waals surface area contributed by atoms with E-state index < -0.39 is 0 Å². The fraction of sp³-hybridized carbons (Fsp3) is 0.0682. The molecule has 0 saturated heterocycles. The first-order chi connectivity index (χ1) is 24.1. The minimum absolute atomic E-state index is 0.341. The van der Waals surface area contributed by atoms with Crippen LogP contribution in [0, 0.1) is 0 Å². The highest BCUT2D eigenvalue weighted by atomic mass is 16.3. The molecule has 10 rings (SSSR count). The van der Waals surface area contributed by atoms with Gasteiger partial charge in [-0.05, 0) is 58.3 Å². The molecule has 1 aliphatic heterocycles. The van der Waals surface area contributed by atoms with Gasteiger partial charge in [0.1, 0.15) is 5.58 Å². The topological polar surface area (TPSA) is 55.1 Å². The summed E-state index contributed by atoms with van der Waals surface area (Å²) in [4.78, 5) is 17.6. The van der Waals surface area contributed by atoms with Crippen LogP contribution in [0.1, 0.15) is 25.0 Å². The summed E-state index contributed by atoms with van der Waals surface area (Å²) >= 11 is 0. The number of aromatic nitrogens is 3. The molecular formula is C44H30N4O. The zero-order valence-electron chi connectivity index (χ0n) is 27.1. The molecule has 0 saturated carbocycles. The molecule has 4 heterocycles. The molecule has 6 aromatic carbocycles. The van der Waals surface area contributed by atoms with Crippen molar-refractivity contribution < 1.29 is 4.42 Å². The summed E-state index contributed by atoms with van der Waals surface area (Å²) in [6.07, 6.45) is 1.83. The number of pyridine rings is 1. The molecule has 0 bridgehead atoms. The molecule has 1 aliphatic rings. The van der Waals surface area contributed by atoms with Crippen molar-refractivity contribution in [3.05, 3.63) is 157 Å². The Labute approximate surface area is 283 Å². The smallest absolute Gasteiger partial charge is 0.235 e. The van der Waals surface area contributed by atoms with E-state index in [1.54, 1.807) is 0 Å². The van der Waals surface area contributed by atoms with Gasteiger partial charge in [0.2, 0.25) is 5.95 Å². The molecule has 0 fully saturated rings. The Morgan fingerprint density at radius 2 is 1.33 bits per heavy atom. The Morgan fingerprint density at radius 1 is 0.612 bits per heavy atom. The van der Waals surface area contributed by atoms with E-state index in [0.717, 1.165) is 66.7 Å². The number of para-hydroxylation sites is 3. The fourth-order valence-electron chi connectivity index (χ4n) is 7.89. The number of nitrogens with zero attached hydrogens (tertiary/aromatic N) is 4. The summed E-state index contributed by atoms with van der Waals surface area (Å²) in [7, 11) is 0. The van der Waals surface area contributed by atoms with E-state index in [4.69, 9.17) is 14.4 Å². The van der Waals surface area contributed by atoms with Crippen molar-refractivity contribution in [1.82, 2.24) is 15.0 Å². The van der Waals surface area contributed by atoms with Gasteiger partial charge in [-0.15, -0.1) is 0 Å². The zero-order valence-corrected chi connectivity index (χ0v) is 27.1. The number of benzene rings is 6. The van der Waals surface area contributed by atoms with Crippen molar-refractivity contribution >= 4 is 60.9 Å². The van der Waals surface area contributed by atoms with E-state index in [0.29, 0.717) is 5.95 Å². The number of hydrogen-bond donors (Lipinski definition) is 0. The molecule has 5 heteroatoms. The minimum Gasteiger partial charge on any atom is -0.454 e. The maximum Gasteiger partial charge on any atom is 0.235 e. The van der Waals surface area contributed by atoms with E-state index in [9.17, 15) is 0 Å². The van der Waals surface area contributed by atoms with Gasteiger partial charge in [0.25, 0.3) is 0 Å². The van der Waals surface area contributed by atoms with Crippen LogP contribution in [0.2, 0.25) is 0 Å². The highest BCUT2D eigenvalue weighted by Gasteiger charge is 2.42. The zero-order chi connectivity index (χ0) is 32.7. The molecule has 232 valence electrons. The Balaban J connectivity index is 1.33. The van der Waals surface area contributed by atoms with Crippen LogP contribution in [0.3, 0.4) is 0 Å². The second kappa shape index (κ2) is 10.3. The van der Waals surface area contributed by atoms with Crippen molar-refractivity contribution in [1.29, 1.82) is 0 Å². The van der Waals surface area contributed by atoms with Crippen LogP contribution in [-0.2, 0) is 5.41 Å². The summed E-state index contributed by atoms with van der Waals surface area (Å²) in [5.41, 5.74) is 10.5. The van der Waals surface area contributed by atoms with E-state index in [1.807, 2.05) is 36.5 Å². The van der Waals surface area contributed by atoms with Gasteiger partial charge in [-0.2, -0.15) is 0 Å². The lowest BCUT2D eigenvalue weighted by atomic mass is 9.71. The Bertz CT molecular complexity index is 2760. The highest BCUT2D eigenvalue weighted by molar-refractivity contribution is 6.25. The maximum absolute atomic E-state index is 6.88. The first-order valence-corrected chi connectivity index (χ1v) is 16.6. The van der Waals surface area contributed by atoms with Crippen molar-refractivity contribution in [2.75, 3.05) is 4.90 Å². The quantitative estimate of drug-likeness (QED) is 0.194. The number of furan rings is 1. The summed E-state index contributed by atoms with van der Waals surface area (Å²) in [5.74, 6) is 0.596. The average molecular weight is 631 g/mol. The van der Waals surface area contributed by atoms with Crippen molar-refractivity contribution in [2.24, 2.45) is 0 Å². The van der Waals surface area contributed by atoms with Gasteiger partial charge in [0, 0.05) is 38.9 Å². The standard InChI is InChI=1S/C44H30N4O/c1-44(2)33-20-7-9-23-36(33)48(41-39(44)30-17-4-3-16-29(30)38-32-19-6-10-24-37(32)49-42(38)41)43-46-35-22-8-5-18-31(35)40(47-43)28-15-13-14-27(26-28)34-21-11-12-25-45-34/h3-26H,1-2H3. The summed E-state index contributed by atoms with van der Waals surface area (Å²) < 4.78 is 6.88. The first kappa shape index (κ1) is 27.8. The van der Waals surface area contributed by atoms with E-state index >= 15 is 0 Å². The van der Waals surface area contributed by atoms with Crippen LogP contribution < -0.4 is 4.90 Å². The average Bonchev–Trinajstić information content (AvgIpc) is 3.55. The first-order valence-electron chi connectivity index (χ1n) is 16.6. The molecule has 5 nitrogen and oxygen atoms in total. The third-order valence-electron chi connectivity index (χ3n) is 10.1. The predicted octanol–water partition coefficient (Wildman–Crippen LogP) is 11.5. The van der Waals surface area contributed by atoms with Crippen LogP contribution in [-0.4, -0.2) is 15.0 Å². The van der Waals surface area contributed by atoms with Crippen LogP contribution in [0.4, 0.5) is 17.3 Å². The normalized spacial score (nSPS) is 13.6. The summed E-state index contributed by atoms with van der Waals surface area (Å²) in [6.45, 7) is 4.64. The van der Waals surface area contributed by atoms with Gasteiger partial charge >= 0.3 is 0 Å². The van der Waals surface area contributed by atoms with Crippen LogP contribution in [0.5, 0.6) is 0 Å². The van der Waals surface area contributed by atoms with Crippen LogP contribution in [0.15, 0.2) is 150 Å². The molecule has 3 aromatic heterocycles. The van der Waals surface area contributed by atoms with Gasteiger partial charge in [-0.1, -0.05) is 117 Å². The van der Waals surface area contributed by atoms with Crippen molar-refractivity contribution in [3.8, 4) is 22.5 Å². The third kappa shape index (κ3) is 4.02. The highest BCUT2D eigenvalue weighted by Crippen LogP contribution is 2.57. The lowest BCUT2D eigenvalue weighted by molar-refractivity contribution is 0.628. The lowest BCUT2D eigenvalue weighted by Gasteiger charge is -2.41. The third-order valence-corrected chi connectivity index (χ3v) is 10.1. The Kier molecular flexibility index (Phi) is 5.85. The van der Waals surface area contributed by atoms with Gasteiger partial charge < -0.3 is 4.42 Å². The van der Waals surface area contributed by atoms with Crippen molar-refractivity contribution in [3.63, 3.8) is 0 Å². The van der Waals surface area contributed by atoms with E-state index in [1.165, 1.54) is 21.9 Å². The SMILES string of the molecule is CC1(C)c2ccccc2N(c2nc(-c3cccc(-c4ccccn4)c3)c3ccccc3n2)c2c1c1ccccc1c1c2oc2ccccc21. The largest absolute Gasteiger partial charge is 0.454 e. The summed E-state index contributed by atoms with van der Waals surface area (Å²) in [6, 6.07) is 48.4. The van der Waals surface area contributed by atoms with Gasteiger partial charge in [0.05, 0.1) is 28.3 Å². The molecule has 9 aromatic rings. The monoisotopic (exact) mass is 630 g/mol. The molecule has 0 N–H and O–H groups in total. The van der Waals surface area contributed by atoms with E-state index in [2.05, 4.69) is 133 Å². The number of anilines is 3. The molecule has 0 unspecified atom stereocenters. The van der Waals surface area contributed by atoms with Crippen LogP contribution in [0.25, 0.3) is 66.1 Å². The minimum atomic E-state index is -0.341. The van der Waals surface area contributed by atoms with Gasteiger partial charge in [-0.25, -0.2) is 9.97 Å². The molecule has 0 radical (unpaired) electrons. The second-order valence-corrected chi connectivity index (χ2v) is 13.2. The maximum atomic E-state index is 6.88. The number of fused-ring (bicyclic) bond motifs is 10. The van der Waals surface area contributed by atoms with Gasteiger partial charge in [0.15, 0.2) is 5.58 Å². The van der Waals surface area contributed by atoms with Crippen molar-refractivity contribution in [2.45, 2.75) is 19.3 Å². The Hall–Kier alpha value is -6.33. The lowest BCUT2D eigenvalue weighted by Crippen LogP contribution is -2.32. The fourth-order valence-corrected chi connectivity index (χ4v) is 7.89. The molecule has 0 spiro atoms. The van der Waals surface area contributed by atoms with Gasteiger partial charge in [-0.3, -0.25) is 9.88 Å². The van der Waals surface area contributed by atoms with E-state index in [-0.39, 0.29) is 5.41 Å². The molecule has 0 aliphatic carbocycles. The van der Waals surface area contributed by atoms with Crippen LogP contribution >= 0.6 is 0 Å². The number of hydrogen-bond acceptors (Lipinski definition) is 5. The summed E-state index contributed by atoms with van der Waals surface area (Å²) in [5, 5.41) is 5.57. The number of rotatable bonds is 3. The molecule has 0 atom stereocenters. The predicted molar refractivity (Wildman–Crippen MR) is 200 cm³/mol. The molecular weight excluding hydrogens is 601 g/mol. The Morgan fingerprint density at radius 3 is 2.18 bits per heavy atom. The molecule has 0 amide bonds. The molecule has 49 heavy (non-hydrogen) atoms.